The lowest BCUT2D eigenvalue weighted by Gasteiger charge is -2.06. The summed E-state index contributed by atoms with van der Waals surface area (Å²) in [6, 6.07) is 13.1. The molecule has 0 aliphatic rings. The second-order valence-corrected chi connectivity index (χ2v) is 7.06. The first-order valence-electron chi connectivity index (χ1n) is 8.63. The predicted octanol–water partition coefficient (Wildman–Crippen LogP) is 5.29. The highest BCUT2D eigenvalue weighted by Crippen LogP contribution is 2.24. The molecule has 0 amide bonds. The Morgan fingerprint density at radius 1 is 1.07 bits per heavy atom. The van der Waals surface area contributed by atoms with Gasteiger partial charge in [0.1, 0.15) is 23.4 Å². The Hall–Kier alpha value is -3.09. The van der Waals surface area contributed by atoms with Crippen LogP contribution >= 0.6 is 23.2 Å². The lowest BCUT2D eigenvalue weighted by Crippen LogP contribution is -2.09. The van der Waals surface area contributed by atoms with E-state index in [2.05, 4.69) is 5.16 Å². The van der Waals surface area contributed by atoms with Crippen LogP contribution in [0.4, 0.5) is 0 Å². The number of rotatable bonds is 5. The van der Waals surface area contributed by atoms with E-state index >= 15 is 0 Å². The second-order valence-electron chi connectivity index (χ2n) is 6.23. The molecule has 0 saturated heterocycles. The van der Waals surface area contributed by atoms with Gasteiger partial charge in [-0.15, -0.1) is 0 Å². The number of hydrogen-bond donors (Lipinski definition) is 0. The number of hydrogen-bond acceptors (Lipinski definition) is 6. The summed E-state index contributed by atoms with van der Waals surface area (Å²) in [5.41, 5.74) is 1.26. The number of carbonyl (C=O) groups excluding carboxylic acids is 1. The molecule has 4 rings (SSSR count). The van der Waals surface area contributed by atoms with E-state index in [9.17, 15) is 9.59 Å². The molecule has 6 nitrogen and oxygen atoms in total. The van der Waals surface area contributed by atoms with Crippen molar-refractivity contribution >= 4 is 40.1 Å². The highest BCUT2D eigenvalue weighted by Gasteiger charge is 2.13. The number of carbonyl (C=O) groups is 1. The van der Waals surface area contributed by atoms with Gasteiger partial charge in [-0.1, -0.05) is 40.5 Å². The van der Waals surface area contributed by atoms with Gasteiger partial charge in [0.05, 0.1) is 17.4 Å². The number of halogens is 2. The monoisotopic (exact) mass is 429 g/mol. The van der Waals surface area contributed by atoms with E-state index in [-0.39, 0.29) is 22.8 Å². The van der Waals surface area contributed by atoms with Crippen LogP contribution in [0.2, 0.25) is 10.2 Å². The SMILES string of the molecule is O=C(CCc1cc(Cl)no1)Oc1ccc2c(=O)c(-c3ccc(Cl)cc3)coc2c1. The van der Waals surface area contributed by atoms with E-state index in [1.54, 1.807) is 36.4 Å². The Balaban J connectivity index is 1.52. The zero-order valence-corrected chi connectivity index (χ0v) is 16.4. The van der Waals surface area contributed by atoms with E-state index in [1.165, 1.54) is 18.4 Å². The van der Waals surface area contributed by atoms with Crippen LogP contribution in [-0.4, -0.2) is 11.1 Å². The molecule has 0 aliphatic carbocycles. The average molecular weight is 430 g/mol. The average Bonchev–Trinajstić information content (AvgIpc) is 3.13. The number of esters is 1. The molecule has 0 radical (unpaired) electrons. The van der Waals surface area contributed by atoms with Crippen LogP contribution < -0.4 is 10.2 Å². The summed E-state index contributed by atoms with van der Waals surface area (Å²) < 4.78 is 15.9. The van der Waals surface area contributed by atoms with Crippen LogP contribution in [0.5, 0.6) is 5.75 Å². The van der Waals surface area contributed by atoms with Crippen molar-refractivity contribution in [2.75, 3.05) is 0 Å². The number of aryl methyl sites for hydroxylation is 1. The van der Waals surface area contributed by atoms with Gasteiger partial charge >= 0.3 is 5.97 Å². The van der Waals surface area contributed by atoms with Gasteiger partial charge < -0.3 is 13.7 Å². The minimum Gasteiger partial charge on any atom is -0.463 e. The fraction of sp³-hybridized carbons (Fsp3) is 0.0952. The van der Waals surface area contributed by atoms with Crippen molar-refractivity contribution in [2.24, 2.45) is 0 Å². The van der Waals surface area contributed by atoms with Gasteiger partial charge in [-0.25, -0.2) is 0 Å². The first-order valence-corrected chi connectivity index (χ1v) is 9.38. The number of nitrogens with zero attached hydrogens (tertiary/aromatic N) is 1. The molecule has 146 valence electrons. The third-order valence-corrected chi connectivity index (χ3v) is 4.67. The maximum atomic E-state index is 12.8. The maximum Gasteiger partial charge on any atom is 0.311 e. The number of benzene rings is 2. The summed E-state index contributed by atoms with van der Waals surface area (Å²) in [7, 11) is 0. The quantitative estimate of drug-likeness (QED) is 0.316. The molecule has 4 aromatic rings. The van der Waals surface area contributed by atoms with Crippen molar-refractivity contribution in [1.29, 1.82) is 0 Å². The number of ether oxygens (including phenoxy) is 1. The lowest BCUT2D eigenvalue weighted by molar-refractivity contribution is -0.134. The minimum absolute atomic E-state index is 0.0863. The van der Waals surface area contributed by atoms with Gasteiger partial charge in [0.15, 0.2) is 10.6 Å². The van der Waals surface area contributed by atoms with Gasteiger partial charge in [-0.2, -0.15) is 0 Å². The van der Waals surface area contributed by atoms with E-state index in [0.717, 1.165) is 0 Å². The van der Waals surface area contributed by atoms with Crippen LogP contribution in [0.3, 0.4) is 0 Å². The molecule has 0 fully saturated rings. The maximum absolute atomic E-state index is 12.8. The molecule has 0 unspecified atom stereocenters. The molecule has 29 heavy (non-hydrogen) atoms. The largest absolute Gasteiger partial charge is 0.463 e. The summed E-state index contributed by atoms with van der Waals surface area (Å²) >= 11 is 11.6. The van der Waals surface area contributed by atoms with E-state index < -0.39 is 5.97 Å². The highest BCUT2D eigenvalue weighted by molar-refractivity contribution is 6.30. The van der Waals surface area contributed by atoms with Gasteiger partial charge in [0.2, 0.25) is 0 Å². The smallest absolute Gasteiger partial charge is 0.311 e. The molecule has 0 bridgehead atoms. The van der Waals surface area contributed by atoms with Crippen molar-refractivity contribution < 1.29 is 18.5 Å². The van der Waals surface area contributed by atoms with E-state index in [0.29, 0.717) is 39.3 Å². The zero-order valence-electron chi connectivity index (χ0n) is 14.9. The Kier molecular flexibility index (Phi) is 5.38. The van der Waals surface area contributed by atoms with Crippen LogP contribution in [0.1, 0.15) is 12.2 Å². The van der Waals surface area contributed by atoms with Crippen molar-refractivity contribution in [2.45, 2.75) is 12.8 Å². The first kappa shape index (κ1) is 19.2. The van der Waals surface area contributed by atoms with E-state index in [1.807, 2.05) is 0 Å². The Bertz CT molecular complexity index is 1240. The molecule has 0 saturated carbocycles. The number of fused-ring (bicyclic) bond motifs is 1. The molecule has 0 spiro atoms. The van der Waals surface area contributed by atoms with Crippen LogP contribution in [0, 0.1) is 0 Å². The number of aromatic nitrogens is 1. The summed E-state index contributed by atoms with van der Waals surface area (Å²) in [6.07, 6.45) is 1.78. The Morgan fingerprint density at radius 3 is 2.59 bits per heavy atom. The molecule has 2 aromatic carbocycles. The van der Waals surface area contributed by atoms with Gasteiger partial charge in [0.25, 0.3) is 0 Å². The Morgan fingerprint density at radius 2 is 1.86 bits per heavy atom. The van der Waals surface area contributed by atoms with Gasteiger partial charge in [-0.05, 0) is 29.8 Å². The molecular weight excluding hydrogens is 417 g/mol. The van der Waals surface area contributed by atoms with Crippen molar-refractivity contribution in [3.63, 3.8) is 0 Å². The summed E-state index contributed by atoms with van der Waals surface area (Å²) in [5, 5.41) is 4.74. The normalized spacial score (nSPS) is 11.0. The fourth-order valence-electron chi connectivity index (χ4n) is 2.81. The predicted molar refractivity (Wildman–Crippen MR) is 108 cm³/mol. The molecule has 2 heterocycles. The molecule has 0 atom stereocenters. The van der Waals surface area contributed by atoms with Crippen LogP contribution in [0.25, 0.3) is 22.1 Å². The zero-order chi connectivity index (χ0) is 20.4. The van der Waals surface area contributed by atoms with Gasteiger partial charge in [0, 0.05) is 23.6 Å². The second kappa shape index (κ2) is 8.11. The van der Waals surface area contributed by atoms with Crippen molar-refractivity contribution in [3.05, 3.63) is 81.0 Å². The first-order chi connectivity index (χ1) is 14.0. The lowest BCUT2D eigenvalue weighted by atomic mass is 10.1. The molecule has 0 N–H and O–H groups in total. The highest BCUT2D eigenvalue weighted by atomic mass is 35.5. The summed E-state index contributed by atoms with van der Waals surface area (Å²) in [5.74, 6) is 0.309. The minimum atomic E-state index is -0.461. The summed E-state index contributed by atoms with van der Waals surface area (Å²) in [4.78, 5) is 24.8. The molecular formula is C21H13Cl2NO5. The van der Waals surface area contributed by atoms with Crippen molar-refractivity contribution in [3.8, 4) is 16.9 Å². The van der Waals surface area contributed by atoms with Crippen LogP contribution in [-0.2, 0) is 11.2 Å². The summed E-state index contributed by atoms with van der Waals surface area (Å²) in [6.45, 7) is 0. The molecule has 8 heteroatoms. The fourth-order valence-corrected chi connectivity index (χ4v) is 3.10. The topological polar surface area (TPSA) is 82.5 Å². The van der Waals surface area contributed by atoms with Gasteiger partial charge in [-0.3, -0.25) is 9.59 Å². The standard InChI is InChI=1S/C21H13Cl2NO5/c22-13-3-1-12(2-4-13)17-11-27-18-9-14(5-7-16(18)21(17)26)28-20(25)8-6-15-10-19(23)24-29-15/h1-5,7,9-11H,6,8H2. The van der Waals surface area contributed by atoms with E-state index in [4.69, 9.17) is 36.9 Å². The third-order valence-electron chi connectivity index (χ3n) is 4.24. The third kappa shape index (κ3) is 4.34. The van der Waals surface area contributed by atoms with Crippen molar-refractivity contribution in [1.82, 2.24) is 5.16 Å². The molecule has 2 aromatic heterocycles. The van der Waals surface area contributed by atoms with Crippen LogP contribution in [0.15, 0.2) is 68.5 Å². The Labute approximate surface area is 174 Å². The molecule has 0 aliphatic heterocycles.